The van der Waals surface area contributed by atoms with Crippen LogP contribution in [0.2, 0.25) is 5.02 Å². The number of anilines is 1. The molecule has 3 rings (SSSR count). The van der Waals surface area contributed by atoms with Crippen LogP contribution in [0, 0.1) is 0 Å². The summed E-state index contributed by atoms with van der Waals surface area (Å²) in [5.74, 6) is -0.275. The van der Waals surface area contributed by atoms with E-state index < -0.39 is 10.0 Å². The van der Waals surface area contributed by atoms with E-state index in [9.17, 15) is 13.2 Å². The predicted octanol–water partition coefficient (Wildman–Crippen LogP) is 3.77. The van der Waals surface area contributed by atoms with Crippen molar-refractivity contribution < 1.29 is 13.2 Å². The average Bonchev–Trinajstić information content (AvgIpc) is 2.63. The van der Waals surface area contributed by atoms with Crippen molar-refractivity contribution in [3.05, 3.63) is 59.1 Å². The molecule has 0 bridgehead atoms. The summed E-state index contributed by atoms with van der Waals surface area (Å²) in [7, 11) is -3.46. The number of carbonyl (C=O) groups is 1. The first-order valence-corrected chi connectivity index (χ1v) is 9.96. The lowest BCUT2D eigenvalue weighted by Gasteiger charge is -2.25. The fraction of sp³-hybridized carbons (Fsp3) is 0.278. The lowest BCUT2D eigenvalue weighted by atomic mass is 10.2. The Morgan fingerprint density at radius 1 is 0.920 bits per heavy atom. The maximum absolute atomic E-state index is 12.6. The number of halogens is 1. The van der Waals surface area contributed by atoms with Gasteiger partial charge in [-0.25, -0.2) is 8.42 Å². The van der Waals surface area contributed by atoms with Crippen LogP contribution in [-0.2, 0) is 10.0 Å². The first-order chi connectivity index (χ1) is 12.0. The number of sulfonamides is 1. The van der Waals surface area contributed by atoms with Gasteiger partial charge in [-0.15, -0.1) is 0 Å². The Morgan fingerprint density at radius 3 is 2.12 bits per heavy atom. The van der Waals surface area contributed by atoms with Crippen LogP contribution >= 0.6 is 11.6 Å². The molecule has 0 aliphatic carbocycles. The number of amides is 1. The van der Waals surface area contributed by atoms with E-state index in [4.69, 9.17) is 11.6 Å². The summed E-state index contributed by atoms with van der Waals surface area (Å²) in [6, 6.07) is 12.8. The molecule has 1 N–H and O–H groups in total. The van der Waals surface area contributed by atoms with Crippen LogP contribution in [0.1, 0.15) is 29.6 Å². The van der Waals surface area contributed by atoms with Gasteiger partial charge in [0.15, 0.2) is 0 Å². The summed E-state index contributed by atoms with van der Waals surface area (Å²) in [6.07, 6.45) is 2.87. The van der Waals surface area contributed by atoms with Crippen LogP contribution in [-0.4, -0.2) is 31.7 Å². The number of rotatable bonds is 4. The van der Waals surface area contributed by atoms with Gasteiger partial charge in [0.25, 0.3) is 5.91 Å². The summed E-state index contributed by atoms with van der Waals surface area (Å²) in [5, 5.41) is 3.30. The number of nitrogens with one attached hydrogen (secondary N) is 1. The highest BCUT2D eigenvalue weighted by molar-refractivity contribution is 7.89. The minimum atomic E-state index is -3.46. The monoisotopic (exact) mass is 378 g/mol. The summed E-state index contributed by atoms with van der Waals surface area (Å²) in [4.78, 5) is 12.4. The van der Waals surface area contributed by atoms with Gasteiger partial charge in [0.1, 0.15) is 0 Å². The zero-order valence-corrected chi connectivity index (χ0v) is 15.2. The van der Waals surface area contributed by atoms with Crippen LogP contribution in [0.3, 0.4) is 0 Å². The van der Waals surface area contributed by atoms with Crippen molar-refractivity contribution in [2.45, 2.75) is 24.2 Å². The molecule has 2 aromatic rings. The second-order valence-corrected chi connectivity index (χ2v) is 8.32. The fourth-order valence-electron chi connectivity index (χ4n) is 2.77. The van der Waals surface area contributed by atoms with Crippen LogP contribution < -0.4 is 5.32 Å². The zero-order chi connectivity index (χ0) is 17.9. The van der Waals surface area contributed by atoms with Crippen molar-refractivity contribution in [2.24, 2.45) is 0 Å². The molecular weight excluding hydrogens is 360 g/mol. The molecule has 1 amide bonds. The molecule has 1 saturated heterocycles. The molecular formula is C18H19ClN2O3S. The van der Waals surface area contributed by atoms with Crippen LogP contribution in [0.15, 0.2) is 53.4 Å². The molecule has 1 aliphatic heterocycles. The Bertz CT molecular complexity index is 843. The molecule has 2 aromatic carbocycles. The van der Waals surface area contributed by atoms with E-state index in [1.165, 1.54) is 16.4 Å². The van der Waals surface area contributed by atoms with E-state index in [2.05, 4.69) is 5.32 Å². The average molecular weight is 379 g/mol. The molecule has 0 spiro atoms. The standard InChI is InChI=1S/C18H19ClN2O3S/c19-15-6-4-14(5-7-15)18(22)20-16-8-10-17(11-9-16)25(23,24)21-12-2-1-3-13-21/h4-11H,1-3,12-13H2,(H,20,22). The van der Waals surface area contributed by atoms with Gasteiger partial charge in [-0.2, -0.15) is 4.31 Å². The molecule has 0 atom stereocenters. The topological polar surface area (TPSA) is 66.5 Å². The highest BCUT2D eigenvalue weighted by Crippen LogP contribution is 2.22. The second-order valence-electron chi connectivity index (χ2n) is 5.95. The molecule has 132 valence electrons. The van der Waals surface area contributed by atoms with Crippen molar-refractivity contribution in [1.29, 1.82) is 0 Å². The number of benzene rings is 2. The quantitative estimate of drug-likeness (QED) is 0.880. The Morgan fingerprint density at radius 2 is 1.52 bits per heavy atom. The molecule has 1 aliphatic rings. The van der Waals surface area contributed by atoms with Crippen LogP contribution in [0.25, 0.3) is 0 Å². The minimum absolute atomic E-state index is 0.249. The Hall–Kier alpha value is -1.89. The molecule has 0 radical (unpaired) electrons. The van der Waals surface area contributed by atoms with Gasteiger partial charge in [0.05, 0.1) is 4.90 Å². The zero-order valence-electron chi connectivity index (χ0n) is 13.6. The third-order valence-corrected chi connectivity index (χ3v) is 6.34. The molecule has 1 heterocycles. The molecule has 0 unspecified atom stereocenters. The first kappa shape index (κ1) is 17.9. The maximum atomic E-state index is 12.6. The second kappa shape index (κ2) is 7.56. The Kier molecular flexibility index (Phi) is 5.42. The van der Waals surface area contributed by atoms with Gasteiger partial charge in [-0.3, -0.25) is 4.79 Å². The van der Waals surface area contributed by atoms with Crippen molar-refractivity contribution in [3.63, 3.8) is 0 Å². The van der Waals surface area contributed by atoms with Gasteiger partial charge >= 0.3 is 0 Å². The normalized spacial score (nSPS) is 15.7. The minimum Gasteiger partial charge on any atom is -0.322 e. The molecule has 7 heteroatoms. The molecule has 25 heavy (non-hydrogen) atoms. The van der Waals surface area contributed by atoms with Gasteiger partial charge in [-0.05, 0) is 61.4 Å². The summed E-state index contributed by atoms with van der Waals surface area (Å²) < 4.78 is 26.7. The summed E-state index contributed by atoms with van der Waals surface area (Å²) >= 11 is 5.81. The molecule has 5 nitrogen and oxygen atoms in total. The highest BCUT2D eigenvalue weighted by atomic mass is 35.5. The van der Waals surface area contributed by atoms with E-state index in [0.717, 1.165) is 19.3 Å². The SMILES string of the molecule is O=C(Nc1ccc(S(=O)(=O)N2CCCCC2)cc1)c1ccc(Cl)cc1. The Balaban J connectivity index is 1.71. The largest absolute Gasteiger partial charge is 0.322 e. The summed E-state index contributed by atoms with van der Waals surface area (Å²) in [5.41, 5.74) is 1.02. The van der Waals surface area contributed by atoms with Crippen molar-refractivity contribution in [2.75, 3.05) is 18.4 Å². The predicted molar refractivity (Wildman–Crippen MR) is 98.5 cm³/mol. The number of hydrogen-bond donors (Lipinski definition) is 1. The van der Waals surface area contributed by atoms with Gasteiger partial charge in [0, 0.05) is 29.4 Å². The van der Waals surface area contributed by atoms with E-state index in [1.54, 1.807) is 36.4 Å². The van der Waals surface area contributed by atoms with Gasteiger partial charge in [0.2, 0.25) is 10.0 Å². The van der Waals surface area contributed by atoms with E-state index in [-0.39, 0.29) is 10.8 Å². The first-order valence-electron chi connectivity index (χ1n) is 8.14. The fourth-order valence-corrected chi connectivity index (χ4v) is 4.41. The van der Waals surface area contributed by atoms with Crippen LogP contribution in [0.5, 0.6) is 0 Å². The lowest BCUT2D eigenvalue weighted by Crippen LogP contribution is -2.35. The van der Waals surface area contributed by atoms with Crippen molar-refractivity contribution >= 4 is 33.2 Å². The van der Waals surface area contributed by atoms with Crippen molar-refractivity contribution in [3.8, 4) is 0 Å². The van der Waals surface area contributed by atoms with Gasteiger partial charge in [-0.1, -0.05) is 18.0 Å². The number of nitrogens with zero attached hydrogens (tertiary/aromatic N) is 1. The molecule has 0 aromatic heterocycles. The lowest BCUT2D eigenvalue weighted by molar-refractivity contribution is 0.102. The number of piperidine rings is 1. The van der Waals surface area contributed by atoms with E-state index >= 15 is 0 Å². The van der Waals surface area contributed by atoms with E-state index in [0.29, 0.717) is 29.4 Å². The molecule has 0 saturated carbocycles. The Labute approximate surface area is 152 Å². The van der Waals surface area contributed by atoms with Crippen molar-refractivity contribution in [1.82, 2.24) is 4.31 Å². The summed E-state index contributed by atoms with van der Waals surface area (Å²) in [6.45, 7) is 1.13. The molecule has 1 fully saturated rings. The highest BCUT2D eigenvalue weighted by Gasteiger charge is 2.25. The number of carbonyl (C=O) groups excluding carboxylic acids is 1. The van der Waals surface area contributed by atoms with Crippen LogP contribution in [0.4, 0.5) is 5.69 Å². The third kappa shape index (κ3) is 4.21. The van der Waals surface area contributed by atoms with Gasteiger partial charge < -0.3 is 5.32 Å². The third-order valence-electron chi connectivity index (χ3n) is 4.17. The van der Waals surface area contributed by atoms with E-state index in [1.807, 2.05) is 0 Å². The smallest absolute Gasteiger partial charge is 0.255 e. The number of hydrogen-bond acceptors (Lipinski definition) is 3. The maximum Gasteiger partial charge on any atom is 0.255 e.